The summed E-state index contributed by atoms with van der Waals surface area (Å²) in [5.41, 5.74) is 5.39. The highest BCUT2D eigenvalue weighted by molar-refractivity contribution is 7.80. The summed E-state index contributed by atoms with van der Waals surface area (Å²) in [6, 6.07) is 4.45. The van der Waals surface area contributed by atoms with Crippen molar-refractivity contribution in [2.75, 3.05) is 6.54 Å². The monoisotopic (exact) mass is 309 g/mol. The lowest BCUT2D eigenvalue weighted by molar-refractivity contribution is -0.145. The van der Waals surface area contributed by atoms with Crippen LogP contribution in [0.1, 0.15) is 25.0 Å². The number of imide groups is 1. The summed E-state index contributed by atoms with van der Waals surface area (Å²) in [5, 5.41) is 2.28. The summed E-state index contributed by atoms with van der Waals surface area (Å²) >= 11 is 4.80. The van der Waals surface area contributed by atoms with Gasteiger partial charge >= 0.3 is 0 Å². The van der Waals surface area contributed by atoms with Crippen molar-refractivity contribution in [3.05, 3.63) is 35.1 Å². The largest absolute Gasteiger partial charge is 0.389 e. The average molecular weight is 309 g/mol. The molecule has 1 fully saturated rings. The van der Waals surface area contributed by atoms with Gasteiger partial charge in [-0.2, -0.15) is 0 Å². The Bertz CT molecular complexity index is 631. The van der Waals surface area contributed by atoms with E-state index in [4.69, 9.17) is 18.0 Å². The number of rotatable bonds is 3. The number of piperazine rings is 1. The summed E-state index contributed by atoms with van der Waals surface area (Å²) in [7, 11) is 0. The predicted octanol–water partition coefficient (Wildman–Crippen LogP) is 0.697. The Hall–Kier alpha value is -1.86. The van der Waals surface area contributed by atoms with Crippen LogP contribution in [0.3, 0.4) is 0 Å². The van der Waals surface area contributed by atoms with Crippen molar-refractivity contribution in [3.8, 4) is 0 Å². The lowest BCUT2D eigenvalue weighted by Crippen LogP contribution is -2.63. The van der Waals surface area contributed by atoms with E-state index in [2.05, 4.69) is 5.32 Å². The van der Waals surface area contributed by atoms with Gasteiger partial charge in [0.2, 0.25) is 11.8 Å². The van der Waals surface area contributed by atoms with E-state index >= 15 is 0 Å². The fourth-order valence-corrected chi connectivity index (χ4v) is 2.25. The standard InChI is InChI=1S/C14H16FN3O2S/c1-14(2)13(20)17-11(19)7-18(14)6-9-4-3-8(12(16)21)5-10(9)15/h3-5H,6-7H2,1-2H3,(H2,16,21)(H,17,19,20). The minimum atomic E-state index is -0.887. The van der Waals surface area contributed by atoms with Crippen LogP contribution >= 0.6 is 12.2 Å². The zero-order chi connectivity index (χ0) is 15.8. The Morgan fingerprint density at radius 3 is 2.71 bits per heavy atom. The summed E-state index contributed by atoms with van der Waals surface area (Å²) in [6.07, 6.45) is 0. The Labute approximate surface area is 127 Å². The van der Waals surface area contributed by atoms with Gasteiger partial charge in [-0.15, -0.1) is 0 Å². The van der Waals surface area contributed by atoms with Crippen molar-refractivity contribution >= 4 is 29.0 Å². The number of nitrogens with two attached hydrogens (primary N) is 1. The van der Waals surface area contributed by atoms with Crippen molar-refractivity contribution in [2.45, 2.75) is 25.9 Å². The highest BCUT2D eigenvalue weighted by Crippen LogP contribution is 2.22. The third-order valence-electron chi connectivity index (χ3n) is 3.63. The fraction of sp³-hybridized carbons (Fsp3) is 0.357. The van der Waals surface area contributed by atoms with E-state index in [0.29, 0.717) is 11.1 Å². The van der Waals surface area contributed by atoms with E-state index in [1.807, 2.05) is 0 Å². The molecule has 3 N–H and O–H groups in total. The Morgan fingerprint density at radius 1 is 1.48 bits per heavy atom. The van der Waals surface area contributed by atoms with Crippen molar-refractivity contribution in [1.82, 2.24) is 10.2 Å². The minimum absolute atomic E-state index is 0.0369. The topological polar surface area (TPSA) is 75.4 Å². The summed E-state index contributed by atoms with van der Waals surface area (Å²) in [4.78, 5) is 25.1. The summed E-state index contributed by atoms with van der Waals surface area (Å²) in [5.74, 6) is -1.24. The molecule has 0 bridgehead atoms. The highest BCUT2D eigenvalue weighted by Gasteiger charge is 2.40. The number of carbonyl (C=O) groups is 2. The molecule has 1 aromatic carbocycles. The van der Waals surface area contributed by atoms with E-state index in [1.54, 1.807) is 30.9 Å². The van der Waals surface area contributed by atoms with E-state index in [-0.39, 0.29) is 29.9 Å². The second kappa shape index (κ2) is 5.50. The van der Waals surface area contributed by atoms with E-state index < -0.39 is 11.4 Å². The summed E-state index contributed by atoms with van der Waals surface area (Å²) < 4.78 is 14.1. The van der Waals surface area contributed by atoms with Gasteiger partial charge in [0.15, 0.2) is 0 Å². The predicted molar refractivity (Wildman–Crippen MR) is 79.9 cm³/mol. The van der Waals surface area contributed by atoms with Gasteiger partial charge in [-0.1, -0.05) is 24.4 Å². The number of hydrogen-bond acceptors (Lipinski definition) is 4. The molecule has 0 aliphatic carbocycles. The molecule has 1 aromatic rings. The molecule has 1 aliphatic rings. The second-order valence-corrected chi connectivity index (χ2v) is 5.90. The molecule has 0 unspecified atom stereocenters. The molecule has 7 heteroatoms. The molecule has 21 heavy (non-hydrogen) atoms. The number of nitrogens with one attached hydrogen (secondary N) is 1. The number of amides is 2. The molecule has 2 amide bonds. The molecular formula is C14H16FN3O2S. The van der Waals surface area contributed by atoms with E-state index in [0.717, 1.165) is 0 Å². The van der Waals surface area contributed by atoms with Gasteiger partial charge in [0.1, 0.15) is 10.8 Å². The first-order valence-corrected chi connectivity index (χ1v) is 6.80. The molecule has 0 spiro atoms. The molecule has 0 atom stereocenters. The maximum atomic E-state index is 14.1. The molecule has 5 nitrogen and oxygen atoms in total. The molecule has 1 saturated heterocycles. The Balaban J connectivity index is 2.26. The minimum Gasteiger partial charge on any atom is -0.389 e. The van der Waals surface area contributed by atoms with Crippen LogP contribution in [0.2, 0.25) is 0 Å². The number of hydrogen-bond donors (Lipinski definition) is 2. The van der Waals surface area contributed by atoms with Crippen molar-refractivity contribution < 1.29 is 14.0 Å². The van der Waals surface area contributed by atoms with Crippen LogP contribution in [0.25, 0.3) is 0 Å². The van der Waals surface area contributed by atoms with Crippen LogP contribution in [0.4, 0.5) is 4.39 Å². The molecule has 0 radical (unpaired) electrons. The lowest BCUT2D eigenvalue weighted by Gasteiger charge is -2.40. The normalized spacial score (nSPS) is 18.4. The molecule has 1 heterocycles. The van der Waals surface area contributed by atoms with Crippen LogP contribution in [0, 0.1) is 5.82 Å². The maximum Gasteiger partial charge on any atom is 0.246 e. The van der Waals surface area contributed by atoms with Crippen LogP contribution in [0.5, 0.6) is 0 Å². The Morgan fingerprint density at radius 2 is 2.14 bits per heavy atom. The quantitative estimate of drug-likeness (QED) is 0.635. The van der Waals surface area contributed by atoms with Gasteiger partial charge in [-0.25, -0.2) is 4.39 Å². The SMILES string of the molecule is CC1(C)C(=O)NC(=O)CN1Cc1ccc(C(N)=S)cc1F. The number of carbonyl (C=O) groups excluding carboxylic acids is 2. The molecule has 1 aliphatic heterocycles. The molecule has 2 rings (SSSR count). The van der Waals surface area contributed by atoms with E-state index in [9.17, 15) is 14.0 Å². The van der Waals surface area contributed by atoms with Crippen LogP contribution in [0.15, 0.2) is 18.2 Å². The molecule has 112 valence electrons. The molecule has 0 saturated carbocycles. The van der Waals surface area contributed by atoms with Crippen LogP contribution in [-0.4, -0.2) is 33.8 Å². The van der Waals surface area contributed by atoms with Crippen LogP contribution in [-0.2, 0) is 16.1 Å². The first-order chi connectivity index (χ1) is 9.71. The van der Waals surface area contributed by atoms with Crippen molar-refractivity contribution in [2.24, 2.45) is 5.73 Å². The van der Waals surface area contributed by atoms with E-state index in [1.165, 1.54) is 6.07 Å². The van der Waals surface area contributed by atoms with Crippen molar-refractivity contribution in [1.29, 1.82) is 0 Å². The molecular weight excluding hydrogens is 293 g/mol. The van der Waals surface area contributed by atoms with Gasteiger partial charge in [0, 0.05) is 17.7 Å². The third kappa shape index (κ3) is 3.08. The summed E-state index contributed by atoms with van der Waals surface area (Å²) in [6.45, 7) is 3.57. The maximum absolute atomic E-state index is 14.1. The zero-order valence-electron chi connectivity index (χ0n) is 11.8. The smallest absolute Gasteiger partial charge is 0.246 e. The first-order valence-electron chi connectivity index (χ1n) is 6.39. The number of thiocarbonyl (C=S) groups is 1. The number of benzene rings is 1. The van der Waals surface area contributed by atoms with Crippen LogP contribution < -0.4 is 11.1 Å². The third-order valence-corrected chi connectivity index (χ3v) is 3.87. The lowest BCUT2D eigenvalue weighted by atomic mass is 9.97. The Kier molecular flexibility index (Phi) is 4.06. The van der Waals surface area contributed by atoms with Gasteiger partial charge in [0.25, 0.3) is 0 Å². The zero-order valence-corrected chi connectivity index (χ0v) is 12.6. The molecule has 0 aromatic heterocycles. The highest BCUT2D eigenvalue weighted by atomic mass is 32.1. The van der Waals surface area contributed by atoms with Gasteiger partial charge in [-0.05, 0) is 19.9 Å². The van der Waals surface area contributed by atoms with Gasteiger partial charge in [0.05, 0.1) is 12.1 Å². The fourth-order valence-electron chi connectivity index (χ4n) is 2.12. The number of halogens is 1. The van der Waals surface area contributed by atoms with Gasteiger partial charge < -0.3 is 5.73 Å². The second-order valence-electron chi connectivity index (χ2n) is 5.46. The van der Waals surface area contributed by atoms with Crippen molar-refractivity contribution in [3.63, 3.8) is 0 Å². The van der Waals surface area contributed by atoms with Gasteiger partial charge in [-0.3, -0.25) is 19.8 Å². The first kappa shape index (κ1) is 15.5. The number of nitrogens with zero attached hydrogens (tertiary/aromatic N) is 1. The average Bonchev–Trinajstić information content (AvgIpc) is 2.38.